The molecule has 0 spiro atoms. The smallest absolute Gasteiger partial charge is 0.393 e. The Balaban J connectivity index is 1.89. The minimum absolute atomic E-state index is 0.0264. The molecule has 17 heavy (non-hydrogen) atoms. The third kappa shape index (κ3) is 3.01. The lowest BCUT2D eigenvalue weighted by molar-refractivity contribution is -0.170. The summed E-state index contributed by atoms with van der Waals surface area (Å²) < 4.78 is 42.6. The zero-order chi connectivity index (χ0) is 12.5. The largest absolute Gasteiger partial charge is 0.462 e. The molecule has 3 nitrogen and oxygen atoms in total. The van der Waals surface area contributed by atoms with E-state index in [-0.39, 0.29) is 19.6 Å². The molecule has 0 radical (unpaired) electrons. The van der Waals surface area contributed by atoms with Crippen molar-refractivity contribution < 1.29 is 22.7 Å². The van der Waals surface area contributed by atoms with Crippen molar-refractivity contribution in [3.8, 4) is 0 Å². The molecule has 0 saturated carbocycles. The van der Waals surface area contributed by atoms with Gasteiger partial charge in [0.15, 0.2) is 0 Å². The quantitative estimate of drug-likeness (QED) is 0.891. The van der Waals surface area contributed by atoms with Gasteiger partial charge in [0.05, 0.1) is 12.5 Å². The summed E-state index contributed by atoms with van der Waals surface area (Å²) in [4.78, 5) is 1.72. The van der Waals surface area contributed by atoms with E-state index in [4.69, 9.17) is 9.52 Å². The van der Waals surface area contributed by atoms with E-state index < -0.39 is 12.1 Å². The summed E-state index contributed by atoms with van der Waals surface area (Å²) in [7, 11) is 0. The molecule has 1 unspecified atom stereocenters. The number of likely N-dealkylation sites (tertiary alicyclic amines) is 1. The molecule has 2 heterocycles. The lowest BCUT2D eigenvalue weighted by atomic mass is 10.1. The van der Waals surface area contributed by atoms with Crippen LogP contribution in [0.4, 0.5) is 13.2 Å². The number of aliphatic hydroxyl groups is 1. The van der Waals surface area contributed by atoms with Gasteiger partial charge in [-0.1, -0.05) is 0 Å². The topological polar surface area (TPSA) is 36.6 Å². The molecule has 1 atom stereocenters. The van der Waals surface area contributed by atoms with Crippen LogP contribution in [0.15, 0.2) is 16.5 Å². The van der Waals surface area contributed by atoms with Crippen LogP contribution >= 0.6 is 0 Å². The molecular formula is C11H14F3NO2. The van der Waals surface area contributed by atoms with Crippen LogP contribution in [-0.2, 0) is 13.2 Å². The van der Waals surface area contributed by atoms with Gasteiger partial charge in [0, 0.05) is 6.54 Å². The van der Waals surface area contributed by atoms with Gasteiger partial charge in [-0.2, -0.15) is 13.2 Å². The van der Waals surface area contributed by atoms with Crippen LogP contribution < -0.4 is 0 Å². The van der Waals surface area contributed by atoms with E-state index in [1.165, 1.54) is 0 Å². The van der Waals surface area contributed by atoms with E-state index in [0.29, 0.717) is 24.6 Å². The first-order chi connectivity index (χ1) is 7.99. The van der Waals surface area contributed by atoms with Gasteiger partial charge in [-0.15, -0.1) is 0 Å². The molecule has 1 saturated heterocycles. The molecule has 0 amide bonds. The first kappa shape index (κ1) is 12.4. The van der Waals surface area contributed by atoms with Crippen molar-refractivity contribution >= 4 is 0 Å². The maximum absolute atomic E-state index is 12.4. The average Bonchev–Trinajstić information content (AvgIpc) is 2.86. The molecule has 2 rings (SSSR count). The van der Waals surface area contributed by atoms with Gasteiger partial charge in [0.1, 0.15) is 18.1 Å². The van der Waals surface area contributed by atoms with Crippen LogP contribution in [0.1, 0.15) is 17.9 Å². The normalized spacial score (nSPS) is 22.2. The SMILES string of the molecule is OCc1ccc(CN2CCC(C(F)(F)F)C2)o1. The predicted molar refractivity (Wildman–Crippen MR) is 54.1 cm³/mol. The van der Waals surface area contributed by atoms with Crippen LogP contribution in [0, 0.1) is 5.92 Å². The molecule has 1 aliphatic rings. The number of rotatable bonds is 3. The standard InChI is InChI=1S/C11H14F3NO2/c12-11(13,14)8-3-4-15(5-8)6-9-1-2-10(7-16)17-9/h1-2,8,16H,3-7H2. The fraction of sp³-hybridized carbons (Fsp3) is 0.636. The van der Waals surface area contributed by atoms with E-state index >= 15 is 0 Å². The molecule has 96 valence electrons. The number of hydrogen-bond donors (Lipinski definition) is 1. The van der Waals surface area contributed by atoms with Gasteiger partial charge in [-0.25, -0.2) is 0 Å². The second-order valence-electron chi connectivity index (χ2n) is 4.29. The highest BCUT2D eigenvalue weighted by Gasteiger charge is 2.43. The summed E-state index contributed by atoms with van der Waals surface area (Å²) in [5.74, 6) is -0.196. The van der Waals surface area contributed by atoms with Crippen molar-refractivity contribution in [2.45, 2.75) is 25.7 Å². The second-order valence-corrected chi connectivity index (χ2v) is 4.29. The van der Waals surface area contributed by atoms with Crippen molar-refractivity contribution in [2.75, 3.05) is 13.1 Å². The zero-order valence-electron chi connectivity index (χ0n) is 9.20. The summed E-state index contributed by atoms with van der Waals surface area (Å²) >= 11 is 0. The molecule has 1 aliphatic heterocycles. The number of nitrogens with zero attached hydrogens (tertiary/aromatic N) is 1. The lowest BCUT2D eigenvalue weighted by Gasteiger charge is -2.16. The van der Waals surface area contributed by atoms with Crippen LogP contribution in [0.3, 0.4) is 0 Å². The maximum Gasteiger partial charge on any atom is 0.393 e. The Morgan fingerprint density at radius 3 is 2.59 bits per heavy atom. The monoisotopic (exact) mass is 249 g/mol. The minimum atomic E-state index is -4.10. The summed E-state index contributed by atoms with van der Waals surface area (Å²) in [6.45, 7) is 0.635. The van der Waals surface area contributed by atoms with Crippen molar-refractivity contribution in [3.63, 3.8) is 0 Å². The van der Waals surface area contributed by atoms with Gasteiger partial charge in [0.2, 0.25) is 0 Å². The fourth-order valence-electron chi connectivity index (χ4n) is 2.06. The lowest BCUT2D eigenvalue weighted by Crippen LogP contribution is -2.27. The second kappa shape index (κ2) is 4.70. The number of halogens is 3. The van der Waals surface area contributed by atoms with Crippen molar-refractivity contribution in [3.05, 3.63) is 23.7 Å². The molecule has 0 aromatic carbocycles. The van der Waals surface area contributed by atoms with Gasteiger partial charge in [-0.05, 0) is 25.1 Å². The molecular weight excluding hydrogens is 235 g/mol. The Morgan fingerprint density at radius 2 is 2.06 bits per heavy atom. The molecule has 1 aromatic rings. The Labute approximate surface area is 96.8 Å². The Hall–Kier alpha value is -1.01. The third-order valence-electron chi connectivity index (χ3n) is 2.99. The summed E-state index contributed by atoms with van der Waals surface area (Å²) in [5, 5.41) is 8.80. The van der Waals surface area contributed by atoms with Gasteiger partial charge in [-0.3, -0.25) is 4.90 Å². The van der Waals surface area contributed by atoms with Crippen molar-refractivity contribution in [2.24, 2.45) is 5.92 Å². The molecule has 0 bridgehead atoms. The first-order valence-electron chi connectivity index (χ1n) is 5.46. The Bertz CT molecular complexity index is 375. The summed E-state index contributed by atoms with van der Waals surface area (Å²) in [5.41, 5.74) is 0. The predicted octanol–water partition coefficient (Wildman–Crippen LogP) is 2.16. The van der Waals surface area contributed by atoms with E-state index in [2.05, 4.69) is 0 Å². The number of aliphatic hydroxyl groups excluding tert-OH is 1. The third-order valence-corrected chi connectivity index (χ3v) is 2.99. The highest BCUT2D eigenvalue weighted by atomic mass is 19.4. The molecule has 1 N–H and O–H groups in total. The van der Waals surface area contributed by atoms with Crippen LogP contribution in [-0.4, -0.2) is 29.3 Å². The molecule has 6 heteroatoms. The highest BCUT2D eigenvalue weighted by molar-refractivity contribution is 5.06. The Morgan fingerprint density at radius 1 is 1.35 bits per heavy atom. The van der Waals surface area contributed by atoms with E-state index in [0.717, 1.165) is 0 Å². The van der Waals surface area contributed by atoms with Crippen molar-refractivity contribution in [1.29, 1.82) is 0 Å². The van der Waals surface area contributed by atoms with Gasteiger partial charge >= 0.3 is 6.18 Å². The van der Waals surface area contributed by atoms with E-state index in [1.54, 1.807) is 17.0 Å². The fourth-order valence-corrected chi connectivity index (χ4v) is 2.06. The van der Waals surface area contributed by atoms with E-state index in [1.807, 2.05) is 0 Å². The van der Waals surface area contributed by atoms with Gasteiger partial charge < -0.3 is 9.52 Å². The maximum atomic E-state index is 12.4. The minimum Gasteiger partial charge on any atom is -0.462 e. The summed E-state index contributed by atoms with van der Waals surface area (Å²) in [6.07, 6.45) is -3.95. The van der Waals surface area contributed by atoms with Gasteiger partial charge in [0.25, 0.3) is 0 Å². The molecule has 1 fully saturated rings. The van der Waals surface area contributed by atoms with Crippen LogP contribution in [0.2, 0.25) is 0 Å². The highest BCUT2D eigenvalue weighted by Crippen LogP contribution is 2.33. The number of hydrogen-bond acceptors (Lipinski definition) is 3. The average molecular weight is 249 g/mol. The van der Waals surface area contributed by atoms with Crippen LogP contribution in [0.5, 0.6) is 0 Å². The molecule has 0 aliphatic carbocycles. The van der Waals surface area contributed by atoms with Crippen molar-refractivity contribution in [1.82, 2.24) is 4.90 Å². The number of furan rings is 1. The molecule has 1 aromatic heterocycles. The summed E-state index contributed by atoms with van der Waals surface area (Å²) in [6, 6.07) is 3.32. The Kier molecular flexibility index (Phi) is 3.44. The van der Waals surface area contributed by atoms with E-state index in [9.17, 15) is 13.2 Å². The first-order valence-corrected chi connectivity index (χ1v) is 5.46. The zero-order valence-corrected chi connectivity index (χ0v) is 9.20. The number of alkyl halides is 3. The van der Waals surface area contributed by atoms with Crippen LogP contribution in [0.25, 0.3) is 0 Å².